The fourth-order valence-electron chi connectivity index (χ4n) is 5.06. The Balaban J connectivity index is 1.57. The quantitative estimate of drug-likeness (QED) is 0.461. The highest BCUT2D eigenvalue weighted by atomic mass is 35.5. The molecule has 2 aromatic heterocycles. The van der Waals surface area contributed by atoms with Crippen LogP contribution in [0.4, 0.5) is 24.5 Å². The molecule has 2 aliphatic heterocycles. The second-order valence-electron chi connectivity index (χ2n) is 9.78. The molecule has 0 radical (unpaired) electrons. The molecule has 1 saturated heterocycles. The lowest BCUT2D eigenvalue weighted by Crippen LogP contribution is -2.51. The van der Waals surface area contributed by atoms with Gasteiger partial charge >= 0.3 is 6.18 Å². The van der Waals surface area contributed by atoms with Gasteiger partial charge in [-0.3, -0.25) is 9.59 Å². The van der Waals surface area contributed by atoms with Crippen LogP contribution in [0, 0.1) is 0 Å². The van der Waals surface area contributed by atoms with Crippen molar-refractivity contribution in [1.82, 2.24) is 24.5 Å². The van der Waals surface area contributed by atoms with Crippen molar-refractivity contribution in [2.75, 3.05) is 43.1 Å². The number of halogens is 4. The molecule has 5 rings (SSSR count). The van der Waals surface area contributed by atoms with Gasteiger partial charge < -0.3 is 24.8 Å². The minimum absolute atomic E-state index is 0.0421. The Morgan fingerprint density at radius 3 is 2.77 bits per heavy atom. The van der Waals surface area contributed by atoms with Crippen LogP contribution >= 0.6 is 11.6 Å². The first-order valence-corrected chi connectivity index (χ1v) is 13.4. The van der Waals surface area contributed by atoms with E-state index in [-0.39, 0.29) is 34.6 Å². The number of fused-ring (bicyclic) bond motifs is 1. The topological polar surface area (TPSA) is 106 Å². The molecule has 214 valence electrons. The smallest absolute Gasteiger partial charge is 0.377 e. The van der Waals surface area contributed by atoms with E-state index in [1.54, 1.807) is 4.57 Å². The number of aromatic nitrogens is 4. The van der Waals surface area contributed by atoms with E-state index in [4.69, 9.17) is 16.3 Å². The Hall–Kier alpha value is -3.42. The van der Waals surface area contributed by atoms with Gasteiger partial charge in [-0.25, -0.2) is 0 Å². The fourth-order valence-corrected chi connectivity index (χ4v) is 5.28. The first kappa shape index (κ1) is 28.1. The lowest BCUT2D eigenvalue weighted by molar-refractivity contribution is -0.137. The third-order valence-corrected chi connectivity index (χ3v) is 7.28. The summed E-state index contributed by atoms with van der Waals surface area (Å²) in [7, 11) is 0. The largest absolute Gasteiger partial charge is 0.416 e. The van der Waals surface area contributed by atoms with Crippen molar-refractivity contribution in [1.29, 1.82) is 0 Å². The zero-order valence-corrected chi connectivity index (χ0v) is 22.8. The fraction of sp³-hybridized carbons (Fsp3) is 0.462. The molecule has 2 aliphatic rings. The van der Waals surface area contributed by atoms with E-state index in [0.717, 1.165) is 23.8 Å². The van der Waals surface area contributed by atoms with Crippen molar-refractivity contribution in [3.63, 3.8) is 0 Å². The van der Waals surface area contributed by atoms with Crippen LogP contribution in [0.3, 0.4) is 0 Å². The zero-order chi connectivity index (χ0) is 28.6. The molecule has 40 heavy (non-hydrogen) atoms. The number of hydrogen-bond donors (Lipinski definition) is 2. The SMILES string of the molecule is CCc1c(N2CCNC(C)C2)c(=O)n2nc(C3=CCOCC3)nc2n1CC(=O)Nc1ccc(C(F)(F)F)cc1Cl. The van der Waals surface area contributed by atoms with Crippen molar-refractivity contribution in [3.05, 3.63) is 56.7 Å². The second-order valence-corrected chi connectivity index (χ2v) is 10.2. The van der Waals surface area contributed by atoms with Gasteiger partial charge in [-0.1, -0.05) is 24.6 Å². The molecule has 2 N–H and O–H groups in total. The molecule has 4 heterocycles. The molecule has 1 fully saturated rings. The Labute approximate surface area is 232 Å². The van der Waals surface area contributed by atoms with Gasteiger partial charge in [0.05, 0.1) is 35.2 Å². The number of rotatable bonds is 6. The maximum absolute atomic E-state index is 13.8. The van der Waals surface area contributed by atoms with Gasteiger partial charge in [0.2, 0.25) is 11.7 Å². The molecule has 0 bridgehead atoms. The van der Waals surface area contributed by atoms with Gasteiger partial charge in [-0.2, -0.15) is 22.7 Å². The van der Waals surface area contributed by atoms with Crippen LogP contribution in [0.25, 0.3) is 11.4 Å². The number of carbonyl (C=O) groups excluding carboxylic acids is 1. The van der Waals surface area contributed by atoms with Crippen molar-refractivity contribution in [2.24, 2.45) is 0 Å². The van der Waals surface area contributed by atoms with Gasteiger partial charge in [0, 0.05) is 25.7 Å². The van der Waals surface area contributed by atoms with Crippen LogP contribution in [0.2, 0.25) is 5.02 Å². The van der Waals surface area contributed by atoms with Crippen LogP contribution in [0.15, 0.2) is 29.1 Å². The summed E-state index contributed by atoms with van der Waals surface area (Å²) >= 11 is 6.07. The minimum atomic E-state index is -4.56. The summed E-state index contributed by atoms with van der Waals surface area (Å²) in [5.74, 6) is 0.0365. The van der Waals surface area contributed by atoms with Crippen LogP contribution < -0.4 is 21.1 Å². The van der Waals surface area contributed by atoms with Crippen molar-refractivity contribution >= 4 is 40.2 Å². The van der Waals surface area contributed by atoms with E-state index in [1.807, 2.05) is 24.8 Å². The molecule has 0 aliphatic carbocycles. The third-order valence-electron chi connectivity index (χ3n) is 6.97. The molecule has 10 nitrogen and oxygen atoms in total. The number of nitrogens with one attached hydrogen (secondary N) is 2. The number of amides is 1. The molecule has 14 heteroatoms. The zero-order valence-electron chi connectivity index (χ0n) is 22.0. The molecule has 3 aromatic rings. The molecule has 1 aromatic carbocycles. The number of nitrogens with zero attached hydrogens (tertiary/aromatic N) is 5. The number of piperazine rings is 1. The Kier molecular flexibility index (Phi) is 7.89. The number of anilines is 2. The van der Waals surface area contributed by atoms with Gasteiger partial charge in [0.25, 0.3) is 5.56 Å². The second kappa shape index (κ2) is 11.2. The molecular formula is C26H29ClF3N7O3. The van der Waals surface area contributed by atoms with E-state index >= 15 is 0 Å². The maximum Gasteiger partial charge on any atom is 0.416 e. The molecular weight excluding hydrogens is 551 g/mol. The predicted molar refractivity (Wildman–Crippen MR) is 145 cm³/mol. The normalized spacial score (nSPS) is 18.2. The van der Waals surface area contributed by atoms with Crippen LogP contribution in [0.5, 0.6) is 0 Å². The summed E-state index contributed by atoms with van der Waals surface area (Å²) in [6, 6.07) is 2.88. The highest BCUT2D eigenvalue weighted by Gasteiger charge is 2.31. The van der Waals surface area contributed by atoms with Crippen LogP contribution in [0.1, 0.15) is 37.4 Å². The molecule has 0 spiro atoms. The Morgan fingerprint density at radius 1 is 1.32 bits per heavy atom. The summed E-state index contributed by atoms with van der Waals surface area (Å²) < 4.78 is 47.4. The first-order valence-electron chi connectivity index (χ1n) is 13.0. The lowest BCUT2D eigenvalue weighted by atomic mass is 10.1. The first-order chi connectivity index (χ1) is 19.1. The van der Waals surface area contributed by atoms with E-state index in [9.17, 15) is 22.8 Å². The van der Waals surface area contributed by atoms with E-state index < -0.39 is 17.6 Å². The summed E-state index contributed by atoms with van der Waals surface area (Å²) in [6.45, 7) is 6.44. The summed E-state index contributed by atoms with van der Waals surface area (Å²) in [5, 5.41) is 10.3. The van der Waals surface area contributed by atoms with E-state index in [1.165, 1.54) is 4.52 Å². The number of ether oxygens (including phenoxy) is 1. The number of carbonyl (C=O) groups is 1. The number of hydrogen-bond acceptors (Lipinski definition) is 7. The third kappa shape index (κ3) is 5.58. The Morgan fingerprint density at radius 2 is 2.12 bits per heavy atom. The summed E-state index contributed by atoms with van der Waals surface area (Å²) in [5.41, 5.74) is 0.702. The van der Waals surface area contributed by atoms with Crippen molar-refractivity contribution in [2.45, 2.75) is 45.5 Å². The average Bonchev–Trinajstić information content (AvgIpc) is 3.37. The minimum Gasteiger partial charge on any atom is -0.377 e. The number of benzene rings is 1. The van der Waals surface area contributed by atoms with Gasteiger partial charge in [-0.05, 0) is 43.5 Å². The van der Waals surface area contributed by atoms with Crippen molar-refractivity contribution < 1.29 is 22.7 Å². The monoisotopic (exact) mass is 579 g/mol. The lowest BCUT2D eigenvalue weighted by Gasteiger charge is -2.34. The standard InChI is InChI=1S/C26H29ClF3N7O3/c1-3-20-22(35-9-8-31-15(2)13-35)24(39)37-25(33-23(34-37)16-6-10-40-11-7-16)36(20)14-21(38)32-19-5-4-17(12-18(19)27)26(28,29)30/h4-6,12,15,31H,3,7-11,13-14H2,1-2H3,(H,32,38). The summed E-state index contributed by atoms with van der Waals surface area (Å²) in [6.07, 6.45) is -1.69. The van der Waals surface area contributed by atoms with Gasteiger partial charge in [0.15, 0.2) is 5.82 Å². The average molecular weight is 580 g/mol. The Bertz CT molecular complexity index is 1530. The molecule has 0 saturated carbocycles. The van der Waals surface area contributed by atoms with Crippen molar-refractivity contribution in [3.8, 4) is 0 Å². The van der Waals surface area contributed by atoms with Gasteiger partial charge in [0.1, 0.15) is 12.2 Å². The maximum atomic E-state index is 13.8. The molecule has 1 atom stereocenters. The van der Waals surface area contributed by atoms with Gasteiger partial charge in [-0.15, -0.1) is 5.10 Å². The molecule has 1 unspecified atom stereocenters. The van der Waals surface area contributed by atoms with Crippen LogP contribution in [-0.2, 0) is 28.7 Å². The van der Waals surface area contributed by atoms with E-state index in [2.05, 4.69) is 20.7 Å². The van der Waals surface area contributed by atoms with Crippen LogP contribution in [-0.4, -0.2) is 64.0 Å². The summed E-state index contributed by atoms with van der Waals surface area (Å²) in [4.78, 5) is 33.7. The van der Waals surface area contributed by atoms with E-state index in [0.29, 0.717) is 62.9 Å². The highest BCUT2D eigenvalue weighted by Crippen LogP contribution is 2.34. The number of alkyl halides is 3. The molecule has 1 amide bonds. The highest BCUT2D eigenvalue weighted by molar-refractivity contribution is 6.33. The predicted octanol–water partition coefficient (Wildman–Crippen LogP) is 3.37.